The van der Waals surface area contributed by atoms with E-state index in [-0.39, 0.29) is 12.1 Å². The number of urea groups is 1. The molecule has 2 saturated heterocycles. The molecule has 1 atom stereocenters. The molecule has 2 aliphatic rings. The first kappa shape index (κ1) is 20.9. The Morgan fingerprint density at radius 1 is 1.11 bits per heavy atom. The van der Waals surface area contributed by atoms with Crippen LogP contribution in [0.3, 0.4) is 0 Å². The lowest BCUT2D eigenvalue weighted by atomic mass is 9.99. The van der Waals surface area contributed by atoms with Crippen molar-refractivity contribution in [1.82, 2.24) is 20.4 Å². The predicted octanol–water partition coefficient (Wildman–Crippen LogP) is 2.86. The summed E-state index contributed by atoms with van der Waals surface area (Å²) in [6, 6.07) is 8.36. The van der Waals surface area contributed by atoms with Crippen LogP contribution in [0.4, 0.5) is 4.79 Å². The fraction of sp³-hybridized carbons (Fsp3) is 0.682. The third-order valence-corrected chi connectivity index (χ3v) is 6.13. The molecule has 0 radical (unpaired) electrons. The molecule has 6 nitrogen and oxygen atoms in total. The van der Waals surface area contributed by atoms with Gasteiger partial charge in [0.25, 0.3) is 0 Å². The molecule has 1 aromatic carbocycles. The zero-order valence-corrected chi connectivity index (χ0v) is 17.5. The van der Waals surface area contributed by atoms with E-state index in [1.165, 1.54) is 31.2 Å². The number of hydrogen-bond acceptors (Lipinski definition) is 4. The number of hydrogen-bond donors (Lipinski definition) is 2. The van der Waals surface area contributed by atoms with E-state index in [0.29, 0.717) is 13.1 Å². The Hall–Kier alpha value is -1.79. The standard InChI is InChI=1S/C22H36N4O2/c1-18-9-14-25(15-10-18)16-11-23-22(27)24-17-21(26-12-3-4-13-26)19-5-7-20(28-2)8-6-19/h5-8,18,21H,3-4,9-17H2,1-2H3,(H2,23,24,27). The molecule has 156 valence electrons. The van der Waals surface area contributed by atoms with Crippen LogP contribution in [0.2, 0.25) is 0 Å². The highest BCUT2D eigenvalue weighted by Gasteiger charge is 2.24. The van der Waals surface area contributed by atoms with Gasteiger partial charge >= 0.3 is 6.03 Å². The fourth-order valence-corrected chi connectivity index (χ4v) is 4.20. The van der Waals surface area contributed by atoms with Crippen LogP contribution in [0.5, 0.6) is 5.75 Å². The molecule has 2 N–H and O–H groups in total. The van der Waals surface area contributed by atoms with Crippen LogP contribution in [0, 0.1) is 5.92 Å². The number of amides is 2. The van der Waals surface area contributed by atoms with Crippen molar-refractivity contribution in [2.45, 2.75) is 38.6 Å². The zero-order chi connectivity index (χ0) is 19.8. The minimum absolute atomic E-state index is 0.0666. The highest BCUT2D eigenvalue weighted by Crippen LogP contribution is 2.26. The molecule has 1 aromatic rings. The van der Waals surface area contributed by atoms with E-state index >= 15 is 0 Å². The number of benzene rings is 1. The molecule has 28 heavy (non-hydrogen) atoms. The lowest BCUT2D eigenvalue weighted by Crippen LogP contribution is -2.44. The van der Waals surface area contributed by atoms with Crippen LogP contribution in [0.15, 0.2) is 24.3 Å². The second-order valence-corrected chi connectivity index (χ2v) is 8.19. The van der Waals surface area contributed by atoms with Crippen LogP contribution in [-0.4, -0.2) is 68.8 Å². The monoisotopic (exact) mass is 388 g/mol. The lowest BCUT2D eigenvalue weighted by molar-refractivity contribution is 0.190. The number of piperidine rings is 1. The van der Waals surface area contributed by atoms with E-state index in [0.717, 1.165) is 44.4 Å². The smallest absolute Gasteiger partial charge is 0.314 e. The maximum Gasteiger partial charge on any atom is 0.314 e. The molecule has 2 amide bonds. The molecular weight excluding hydrogens is 352 g/mol. The van der Waals surface area contributed by atoms with E-state index in [2.05, 4.69) is 39.5 Å². The van der Waals surface area contributed by atoms with Gasteiger partial charge in [-0.2, -0.15) is 0 Å². The molecule has 2 heterocycles. The number of carbonyl (C=O) groups is 1. The van der Waals surface area contributed by atoms with Gasteiger partial charge in [-0.05, 0) is 75.5 Å². The van der Waals surface area contributed by atoms with Gasteiger partial charge in [-0.25, -0.2) is 4.79 Å². The summed E-state index contributed by atoms with van der Waals surface area (Å²) < 4.78 is 5.28. The van der Waals surface area contributed by atoms with E-state index in [1.807, 2.05) is 12.1 Å². The zero-order valence-electron chi connectivity index (χ0n) is 17.5. The molecule has 2 fully saturated rings. The maximum atomic E-state index is 12.3. The quantitative estimate of drug-likeness (QED) is 0.719. The number of methoxy groups -OCH3 is 1. The molecule has 3 rings (SSSR count). The van der Waals surface area contributed by atoms with E-state index in [1.54, 1.807) is 7.11 Å². The summed E-state index contributed by atoms with van der Waals surface area (Å²) in [7, 11) is 1.68. The van der Waals surface area contributed by atoms with Gasteiger partial charge in [0.15, 0.2) is 0 Å². The van der Waals surface area contributed by atoms with Crippen LogP contribution in [0.1, 0.15) is 44.2 Å². The molecule has 0 saturated carbocycles. The maximum absolute atomic E-state index is 12.3. The highest BCUT2D eigenvalue weighted by atomic mass is 16.5. The summed E-state index contributed by atoms with van der Waals surface area (Å²) in [5, 5.41) is 6.12. The van der Waals surface area contributed by atoms with Gasteiger partial charge in [-0.3, -0.25) is 4.90 Å². The van der Waals surface area contributed by atoms with Crippen molar-refractivity contribution in [2.75, 3.05) is 52.9 Å². The third-order valence-electron chi connectivity index (χ3n) is 6.13. The second kappa shape index (κ2) is 10.7. The summed E-state index contributed by atoms with van der Waals surface area (Å²) in [4.78, 5) is 17.2. The average molecular weight is 389 g/mol. The van der Waals surface area contributed by atoms with Crippen molar-refractivity contribution in [3.8, 4) is 5.75 Å². The number of carbonyl (C=O) groups excluding carboxylic acids is 1. The molecule has 1 unspecified atom stereocenters. The first-order valence-electron chi connectivity index (χ1n) is 10.8. The summed E-state index contributed by atoms with van der Waals surface area (Å²) in [6.07, 6.45) is 5.00. The first-order chi connectivity index (χ1) is 13.7. The van der Waals surface area contributed by atoms with Crippen molar-refractivity contribution in [1.29, 1.82) is 0 Å². The Labute approximate surface area is 169 Å². The Balaban J connectivity index is 1.45. The Bertz CT molecular complexity index is 593. The molecule has 0 spiro atoms. The second-order valence-electron chi connectivity index (χ2n) is 8.19. The van der Waals surface area contributed by atoms with Gasteiger partial charge < -0.3 is 20.3 Å². The van der Waals surface area contributed by atoms with Crippen LogP contribution in [0.25, 0.3) is 0 Å². The van der Waals surface area contributed by atoms with Gasteiger partial charge in [0.1, 0.15) is 5.75 Å². The molecular formula is C22H36N4O2. The summed E-state index contributed by atoms with van der Waals surface area (Å²) in [5.41, 5.74) is 1.23. The summed E-state index contributed by atoms with van der Waals surface area (Å²) >= 11 is 0. The van der Waals surface area contributed by atoms with Gasteiger partial charge in [0.2, 0.25) is 0 Å². The van der Waals surface area contributed by atoms with Crippen molar-refractivity contribution in [3.63, 3.8) is 0 Å². The Kier molecular flexibility index (Phi) is 7.98. The molecule has 0 aliphatic carbocycles. The fourth-order valence-electron chi connectivity index (χ4n) is 4.20. The van der Waals surface area contributed by atoms with E-state index in [9.17, 15) is 4.79 Å². The predicted molar refractivity (Wildman–Crippen MR) is 113 cm³/mol. The Morgan fingerprint density at radius 3 is 2.43 bits per heavy atom. The molecule has 0 bridgehead atoms. The van der Waals surface area contributed by atoms with Gasteiger partial charge in [0, 0.05) is 19.6 Å². The van der Waals surface area contributed by atoms with E-state index in [4.69, 9.17) is 4.74 Å². The topological polar surface area (TPSA) is 56.8 Å². The lowest BCUT2D eigenvalue weighted by Gasteiger charge is -2.30. The SMILES string of the molecule is COc1ccc(C(CNC(=O)NCCN2CCC(C)CC2)N2CCCC2)cc1. The van der Waals surface area contributed by atoms with Gasteiger partial charge in [-0.1, -0.05) is 19.1 Å². The largest absolute Gasteiger partial charge is 0.497 e. The average Bonchev–Trinajstić information content (AvgIpc) is 3.25. The number of ether oxygens (including phenoxy) is 1. The van der Waals surface area contributed by atoms with Gasteiger partial charge in [0.05, 0.1) is 13.2 Å². The van der Waals surface area contributed by atoms with Crippen molar-refractivity contribution in [3.05, 3.63) is 29.8 Å². The Morgan fingerprint density at radius 2 is 1.79 bits per heavy atom. The van der Waals surface area contributed by atoms with Crippen LogP contribution >= 0.6 is 0 Å². The highest BCUT2D eigenvalue weighted by molar-refractivity contribution is 5.73. The third kappa shape index (κ3) is 6.11. The normalized spacial score (nSPS) is 20.1. The summed E-state index contributed by atoms with van der Waals surface area (Å²) in [6.45, 7) is 9.08. The number of nitrogens with zero attached hydrogens (tertiary/aromatic N) is 2. The van der Waals surface area contributed by atoms with Crippen LogP contribution < -0.4 is 15.4 Å². The molecule has 0 aromatic heterocycles. The first-order valence-corrected chi connectivity index (χ1v) is 10.8. The number of likely N-dealkylation sites (tertiary alicyclic amines) is 2. The molecule has 6 heteroatoms. The molecule has 2 aliphatic heterocycles. The van der Waals surface area contributed by atoms with Gasteiger partial charge in [-0.15, -0.1) is 0 Å². The van der Waals surface area contributed by atoms with E-state index < -0.39 is 0 Å². The minimum Gasteiger partial charge on any atom is -0.497 e. The minimum atomic E-state index is -0.0666. The van der Waals surface area contributed by atoms with Crippen molar-refractivity contribution < 1.29 is 9.53 Å². The van der Waals surface area contributed by atoms with Crippen LogP contribution in [-0.2, 0) is 0 Å². The van der Waals surface area contributed by atoms with Crippen molar-refractivity contribution >= 4 is 6.03 Å². The number of nitrogens with one attached hydrogen (secondary N) is 2. The summed E-state index contributed by atoms with van der Waals surface area (Å²) in [5.74, 6) is 1.70. The number of rotatable bonds is 8. The van der Waals surface area contributed by atoms with Crippen molar-refractivity contribution in [2.24, 2.45) is 5.92 Å².